The van der Waals surface area contributed by atoms with E-state index in [1.807, 2.05) is 50.2 Å². The molecule has 0 saturated carbocycles. The third-order valence-corrected chi connectivity index (χ3v) is 8.67. The van der Waals surface area contributed by atoms with E-state index < -0.39 is 10.0 Å². The van der Waals surface area contributed by atoms with Gasteiger partial charge in [-0.2, -0.15) is 0 Å². The highest BCUT2D eigenvalue weighted by molar-refractivity contribution is 9.10. The average molecular weight is 509 g/mol. The summed E-state index contributed by atoms with van der Waals surface area (Å²) in [5, 5.41) is 3.69. The topological polar surface area (TPSA) is 58.2 Å². The molecule has 3 atom stereocenters. The van der Waals surface area contributed by atoms with Gasteiger partial charge in [0.1, 0.15) is 0 Å². The van der Waals surface area contributed by atoms with Gasteiger partial charge in [-0.25, -0.2) is 8.42 Å². The molecule has 0 amide bonds. The van der Waals surface area contributed by atoms with Gasteiger partial charge in [-0.3, -0.25) is 4.72 Å². The van der Waals surface area contributed by atoms with E-state index in [4.69, 9.17) is 0 Å². The van der Waals surface area contributed by atoms with Gasteiger partial charge < -0.3 is 5.32 Å². The van der Waals surface area contributed by atoms with E-state index in [9.17, 15) is 8.42 Å². The lowest BCUT2D eigenvalue weighted by Crippen LogP contribution is -2.29. The van der Waals surface area contributed by atoms with Crippen molar-refractivity contribution in [3.05, 3.63) is 99.5 Å². The quantitative estimate of drug-likeness (QED) is 0.385. The fraction of sp³-hybridized carbons (Fsp3) is 0.231. The Morgan fingerprint density at radius 3 is 2.47 bits per heavy atom. The predicted molar refractivity (Wildman–Crippen MR) is 134 cm³/mol. The zero-order valence-corrected chi connectivity index (χ0v) is 20.4. The number of benzene rings is 3. The molecule has 0 bridgehead atoms. The highest BCUT2D eigenvalue weighted by Gasteiger charge is 2.39. The second-order valence-electron chi connectivity index (χ2n) is 8.62. The molecule has 0 spiro atoms. The average Bonchev–Trinajstić information content (AvgIpc) is 3.26. The number of fused-ring (bicyclic) bond motifs is 3. The van der Waals surface area contributed by atoms with Crippen LogP contribution in [-0.2, 0) is 10.0 Å². The van der Waals surface area contributed by atoms with Crippen molar-refractivity contribution in [3.8, 4) is 0 Å². The third kappa shape index (κ3) is 3.65. The number of para-hydroxylation sites is 1. The smallest absolute Gasteiger partial charge is 0.261 e. The van der Waals surface area contributed by atoms with E-state index in [1.54, 1.807) is 6.07 Å². The lowest BCUT2D eigenvalue weighted by Gasteiger charge is -2.38. The van der Waals surface area contributed by atoms with Crippen LogP contribution in [0.15, 0.2) is 82.2 Å². The van der Waals surface area contributed by atoms with Crippen molar-refractivity contribution in [1.29, 1.82) is 0 Å². The standard InChI is InChI=1S/C26H25BrN2O2S/c1-16-7-5-8-17(2)25(16)29-32(30,31)18-13-14-24-22(15-18)19-10-6-11-20(19)26(28-24)21-9-3-4-12-23(21)27/h3-10,12-15,19-20,26,28-29H,11H2,1-2H3/t19-,20+,26-/m1/s1. The number of aryl methyl sites for hydroxylation is 2. The van der Waals surface area contributed by atoms with Crippen LogP contribution in [0.4, 0.5) is 11.4 Å². The van der Waals surface area contributed by atoms with Crippen LogP contribution in [0.3, 0.4) is 0 Å². The summed E-state index contributed by atoms with van der Waals surface area (Å²) in [6, 6.07) is 19.6. The van der Waals surface area contributed by atoms with Crippen LogP contribution in [0, 0.1) is 19.8 Å². The lowest BCUT2D eigenvalue weighted by atomic mass is 9.77. The zero-order valence-electron chi connectivity index (χ0n) is 18.0. The summed E-state index contributed by atoms with van der Waals surface area (Å²) in [5.41, 5.74) is 5.72. The summed E-state index contributed by atoms with van der Waals surface area (Å²) in [5.74, 6) is 0.518. The van der Waals surface area contributed by atoms with Crippen LogP contribution in [-0.4, -0.2) is 8.42 Å². The van der Waals surface area contributed by atoms with E-state index >= 15 is 0 Å². The van der Waals surface area contributed by atoms with E-state index in [-0.39, 0.29) is 12.0 Å². The molecule has 0 saturated heterocycles. The number of nitrogens with one attached hydrogen (secondary N) is 2. The molecule has 5 rings (SSSR count). The van der Waals surface area contributed by atoms with E-state index in [0.29, 0.717) is 16.5 Å². The van der Waals surface area contributed by atoms with Gasteiger partial charge in [-0.15, -0.1) is 0 Å². The number of halogens is 1. The molecule has 1 heterocycles. The van der Waals surface area contributed by atoms with E-state index in [0.717, 1.165) is 33.3 Å². The maximum Gasteiger partial charge on any atom is 0.261 e. The van der Waals surface area contributed by atoms with Crippen molar-refractivity contribution < 1.29 is 8.42 Å². The maximum absolute atomic E-state index is 13.3. The molecule has 164 valence electrons. The number of allylic oxidation sites excluding steroid dienone is 2. The lowest BCUT2D eigenvalue weighted by molar-refractivity contribution is 0.424. The van der Waals surface area contributed by atoms with Crippen LogP contribution >= 0.6 is 15.9 Å². The van der Waals surface area contributed by atoms with Gasteiger partial charge in [0.05, 0.1) is 16.6 Å². The van der Waals surface area contributed by atoms with Crippen LogP contribution in [0.1, 0.15) is 40.6 Å². The van der Waals surface area contributed by atoms with Crippen LogP contribution in [0.2, 0.25) is 0 Å². The van der Waals surface area contributed by atoms with Gasteiger partial charge in [-0.1, -0.05) is 64.5 Å². The van der Waals surface area contributed by atoms with Gasteiger partial charge >= 0.3 is 0 Å². The van der Waals surface area contributed by atoms with Crippen molar-refractivity contribution in [1.82, 2.24) is 0 Å². The molecule has 2 aliphatic rings. The molecular formula is C26H25BrN2O2S. The molecule has 0 radical (unpaired) electrons. The first-order valence-corrected chi connectivity index (χ1v) is 13.0. The minimum atomic E-state index is -3.70. The molecule has 1 aliphatic heterocycles. The number of hydrogen-bond donors (Lipinski definition) is 2. The normalized spacial score (nSPS) is 21.5. The van der Waals surface area contributed by atoms with E-state index in [2.05, 4.69) is 56.3 Å². The number of hydrogen-bond acceptors (Lipinski definition) is 3. The molecule has 4 nitrogen and oxygen atoms in total. The van der Waals surface area contributed by atoms with Crippen molar-refractivity contribution in [2.75, 3.05) is 10.0 Å². The fourth-order valence-electron chi connectivity index (χ4n) is 4.94. The second kappa shape index (κ2) is 8.09. The maximum atomic E-state index is 13.3. The summed E-state index contributed by atoms with van der Waals surface area (Å²) < 4.78 is 30.4. The monoisotopic (exact) mass is 508 g/mol. The highest BCUT2D eigenvalue weighted by atomic mass is 79.9. The molecule has 1 aliphatic carbocycles. The summed E-state index contributed by atoms with van der Waals surface area (Å²) in [4.78, 5) is 0.291. The van der Waals surface area contributed by atoms with Crippen LogP contribution in [0.5, 0.6) is 0 Å². The Morgan fingerprint density at radius 1 is 0.969 bits per heavy atom. The Labute approximate surface area is 197 Å². The Kier molecular flexibility index (Phi) is 5.38. The summed E-state index contributed by atoms with van der Waals surface area (Å²) >= 11 is 3.70. The Hall–Kier alpha value is -2.57. The molecule has 3 aromatic rings. The van der Waals surface area contributed by atoms with Gasteiger partial charge in [0, 0.05) is 16.1 Å². The zero-order chi connectivity index (χ0) is 22.5. The molecular weight excluding hydrogens is 484 g/mol. The number of anilines is 2. The van der Waals surface area contributed by atoms with Crippen LogP contribution in [0.25, 0.3) is 0 Å². The Bertz CT molecular complexity index is 1310. The molecule has 0 unspecified atom stereocenters. The third-order valence-electron chi connectivity index (χ3n) is 6.60. The van der Waals surface area contributed by atoms with Crippen LogP contribution < -0.4 is 10.0 Å². The first kappa shape index (κ1) is 21.3. The van der Waals surface area contributed by atoms with E-state index in [1.165, 1.54) is 5.56 Å². The fourth-order valence-corrected chi connectivity index (χ4v) is 6.71. The molecule has 0 fully saturated rings. The van der Waals surface area contributed by atoms with Gasteiger partial charge in [0.15, 0.2) is 0 Å². The number of sulfonamides is 1. The molecule has 2 N–H and O–H groups in total. The Balaban J connectivity index is 1.52. The molecule has 3 aromatic carbocycles. The first-order chi connectivity index (χ1) is 15.3. The molecule has 0 aromatic heterocycles. The molecule has 6 heteroatoms. The first-order valence-electron chi connectivity index (χ1n) is 10.8. The highest BCUT2D eigenvalue weighted by Crippen LogP contribution is 2.51. The SMILES string of the molecule is Cc1cccc(C)c1NS(=O)(=O)c1ccc2c(c1)[C@@H]1C=CC[C@@H]1[C@H](c1ccccc1Br)N2. The van der Waals surface area contributed by atoms with Crippen molar-refractivity contribution in [2.45, 2.75) is 37.1 Å². The number of rotatable bonds is 4. The van der Waals surface area contributed by atoms with Crippen molar-refractivity contribution in [2.24, 2.45) is 5.92 Å². The summed E-state index contributed by atoms with van der Waals surface area (Å²) in [6.45, 7) is 3.83. The largest absolute Gasteiger partial charge is 0.378 e. The van der Waals surface area contributed by atoms with Gasteiger partial charge in [0.25, 0.3) is 10.0 Å². The minimum Gasteiger partial charge on any atom is -0.378 e. The second-order valence-corrected chi connectivity index (χ2v) is 11.2. The van der Waals surface area contributed by atoms with Gasteiger partial charge in [0.2, 0.25) is 0 Å². The summed E-state index contributed by atoms with van der Waals surface area (Å²) in [6.07, 6.45) is 5.40. The van der Waals surface area contributed by atoms with Gasteiger partial charge in [-0.05, 0) is 72.7 Å². The van der Waals surface area contributed by atoms with Crippen molar-refractivity contribution >= 4 is 37.3 Å². The van der Waals surface area contributed by atoms with Crippen molar-refractivity contribution in [3.63, 3.8) is 0 Å². The Morgan fingerprint density at radius 2 is 1.72 bits per heavy atom. The minimum absolute atomic E-state index is 0.160. The molecule has 32 heavy (non-hydrogen) atoms. The summed E-state index contributed by atoms with van der Waals surface area (Å²) in [7, 11) is -3.70. The predicted octanol–water partition coefficient (Wildman–Crippen LogP) is 6.69.